The summed E-state index contributed by atoms with van der Waals surface area (Å²) in [6.07, 6.45) is 0. The number of aliphatic hydroxyl groups excluding tert-OH is 1. The molecule has 0 saturated heterocycles. The highest BCUT2D eigenvalue weighted by Gasteiger charge is 2.31. The molecule has 2 N–H and O–H groups in total. The Morgan fingerprint density at radius 1 is 0.935 bits per heavy atom. The number of hydrogen-bond acceptors (Lipinski definition) is 5. The van der Waals surface area contributed by atoms with Crippen LogP contribution in [0.15, 0.2) is 66.7 Å². The molecule has 1 heterocycles. The standard InChI is InChI=1S/C24H22N2O5/c1-31-18-9-6-16(7-10-18)15-26-22-14-17(24(29)30)8-11-21(22)25(12-13-27)20-5-3-2-4-19(20)23(26)28/h2-11,14,27H,12-13,15H2,1H3,(H,29,30). The largest absolute Gasteiger partial charge is 0.497 e. The van der Waals surface area contributed by atoms with E-state index in [-0.39, 0.29) is 31.2 Å². The van der Waals surface area contributed by atoms with E-state index in [2.05, 4.69) is 0 Å². The fourth-order valence-electron chi connectivity index (χ4n) is 3.79. The summed E-state index contributed by atoms with van der Waals surface area (Å²) in [5.41, 5.74) is 3.24. The zero-order chi connectivity index (χ0) is 22.0. The lowest BCUT2D eigenvalue weighted by atomic mass is 10.1. The van der Waals surface area contributed by atoms with Crippen molar-refractivity contribution in [2.24, 2.45) is 0 Å². The van der Waals surface area contributed by atoms with E-state index in [1.165, 1.54) is 12.1 Å². The van der Waals surface area contributed by atoms with Crippen LogP contribution in [0.5, 0.6) is 5.75 Å². The van der Waals surface area contributed by atoms with Gasteiger partial charge >= 0.3 is 5.97 Å². The van der Waals surface area contributed by atoms with Gasteiger partial charge in [0, 0.05) is 6.54 Å². The van der Waals surface area contributed by atoms with Gasteiger partial charge in [-0.1, -0.05) is 24.3 Å². The Kier molecular flexibility index (Phi) is 5.60. The van der Waals surface area contributed by atoms with Crippen molar-refractivity contribution in [3.05, 3.63) is 83.4 Å². The lowest BCUT2D eigenvalue weighted by Crippen LogP contribution is -2.30. The third-order valence-electron chi connectivity index (χ3n) is 5.30. The fourth-order valence-corrected chi connectivity index (χ4v) is 3.79. The molecule has 0 radical (unpaired) electrons. The van der Waals surface area contributed by atoms with Crippen molar-refractivity contribution in [3.8, 4) is 5.75 Å². The van der Waals surface area contributed by atoms with Crippen molar-refractivity contribution >= 4 is 28.9 Å². The van der Waals surface area contributed by atoms with Crippen molar-refractivity contribution in [1.29, 1.82) is 0 Å². The van der Waals surface area contributed by atoms with E-state index >= 15 is 0 Å². The van der Waals surface area contributed by atoms with Crippen molar-refractivity contribution in [1.82, 2.24) is 0 Å². The number of β-amino-alcohol motifs (C(OH)–C–C–N with tert-alkyl or cyclic N) is 1. The number of ether oxygens (including phenoxy) is 1. The molecule has 1 amide bonds. The molecular formula is C24H22N2O5. The van der Waals surface area contributed by atoms with Gasteiger partial charge in [-0.3, -0.25) is 4.79 Å². The molecule has 0 aromatic heterocycles. The first-order valence-corrected chi connectivity index (χ1v) is 9.83. The number of carbonyl (C=O) groups is 2. The molecule has 3 aromatic carbocycles. The summed E-state index contributed by atoms with van der Waals surface area (Å²) in [5.74, 6) is -0.607. The third kappa shape index (κ3) is 3.83. The second-order valence-corrected chi connectivity index (χ2v) is 7.14. The Morgan fingerprint density at radius 3 is 2.35 bits per heavy atom. The molecule has 0 spiro atoms. The summed E-state index contributed by atoms with van der Waals surface area (Å²) in [7, 11) is 1.59. The molecule has 0 unspecified atom stereocenters. The first-order chi connectivity index (χ1) is 15.0. The van der Waals surface area contributed by atoms with Gasteiger partial charge in [0.1, 0.15) is 5.75 Å². The summed E-state index contributed by atoms with van der Waals surface area (Å²) in [6.45, 7) is 0.390. The van der Waals surface area contributed by atoms with Crippen LogP contribution in [0.25, 0.3) is 0 Å². The molecule has 158 valence electrons. The van der Waals surface area contributed by atoms with E-state index in [1.807, 2.05) is 41.3 Å². The summed E-state index contributed by atoms with van der Waals surface area (Å²) in [4.78, 5) is 28.7. The van der Waals surface area contributed by atoms with Crippen LogP contribution in [0.4, 0.5) is 17.1 Å². The van der Waals surface area contributed by atoms with E-state index in [4.69, 9.17) is 4.74 Å². The molecule has 1 aliphatic heterocycles. The van der Waals surface area contributed by atoms with E-state index < -0.39 is 5.97 Å². The highest BCUT2D eigenvalue weighted by Crippen LogP contribution is 2.41. The van der Waals surface area contributed by atoms with E-state index in [9.17, 15) is 19.8 Å². The van der Waals surface area contributed by atoms with Crippen LogP contribution in [0.1, 0.15) is 26.3 Å². The number of para-hydroxylation sites is 1. The number of nitrogens with zero attached hydrogens (tertiary/aromatic N) is 2. The zero-order valence-corrected chi connectivity index (χ0v) is 17.0. The lowest BCUT2D eigenvalue weighted by Gasteiger charge is -2.27. The Hall–Kier alpha value is -3.84. The van der Waals surface area contributed by atoms with Gasteiger partial charge in [0.05, 0.1) is 48.5 Å². The third-order valence-corrected chi connectivity index (χ3v) is 5.30. The van der Waals surface area contributed by atoms with Crippen LogP contribution < -0.4 is 14.5 Å². The molecule has 4 rings (SSSR count). The fraction of sp³-hybridized carbons (Fsp3) is 0.167. The number of carboxylic acids is 1. The van der Waals surface area contributed by atoms with Gasteiger partial charge in [-0.05, 0) is 48.0 Å². The molecule has 31 heavy (non-hydrogen) atoms. The molecule has 0 fully saturated rings. The molecule has 7 heteroatoms. The number of rotatable bonds is 6. The molecule has 0 bridgehead atoms. The van der Waals surface area contributed by atoms with Crippen LogP contribution in [-0.4, -0.2) is 42.4 Å². The molecule has 1 aliphatic rings. The number of anilines is 3. The van der Waals surface area contributed by atoms with Gasteiger partial charge in [0.15, 0.2) is 0 Å². The van der Waals surface area contributed by atoms with Gasteiger partial charge in [-0.15, -0.1) is 0 Å². The normalized spacial score (nSPS) is 12.8. The van der Waals surface area contributed by atoms with Crippen molar-refractivity contribution in [3.63, 3.8) is 0 Å². The predicted octanol–water partition coefficient (Wildman–Crippen LogP) is 3.68. The van der Waals surface area contributed by atoms with Crippen LogP contribution in [0.3, 0.4) is 0 Å². The van der Waals surface area contributed by atoms with Gasteiger partial charge in [0.2, 0.25) is 0 Å². The molecule has 3 aromatic rings. The number of hydrogen-bond donors (Lipinski definition) is 2. The van der Waals surface area contributed by atoms with E-state index in [1.54, 1.807) is 30.2 Å². The number of amides is 1. The van der Waals surface area contributed by atoms with Gasteiger partial charge in [0.25, 0.3) is 5.91 Å². The van der Waals surface area contributed by atoms with Crippen LogP contribution in [0.2, 0.25) is 0 Å². The molecular weight excluding hydrogens is 396 g/mol. The molecule has 0 atom stereocenters. The van der Waals surface area contributed by atoms with Gasteiger partial charge in [-0.25, -0.2) is 4.79 Å². The Balaban J connectivity index is 1.89. The molecule has 0 saturated carbocycles. The number of aliphatic hydroxyl groups is 1. The number of benzene rings is 3. The number of aromatic carboxylic acids is 1. The Labute approximate surface area is 179 Å². The van der Waals surface area contributed by atoms with Crippen LogP contribution in [-0.2, 0) is 6.54 Å². The predicted molar refractivity (Wildman–Crippen MR) is 117 cm³/mol. The topological polar surface area (TPSA) is 90.3 Å². The van der Waals surface area contributed by atoms with Crippen molar-refractivity contribution in [2.45, 2.75) is 6.54 Å². The quantitative estimate of drug-likeness (QED) is 0.635. The first kappa shape index (κ1) is 20.4. The number of methoxy groups -OCH3 is 1. The molecule has 7 nitrogen and oxygen atoms in total. The first-order valence-electron chi connectivity index (χ1n) is 9.83. The average Bonchev–Trinajstić information content (AvgIpc) is 2.89. The second-order valence-electron chi connectivity index (χ2n) is 7.14. The number of carbonyl (C=O) groups excluding carboxylic acids is 1. The summed E-state index contributed by atoms with van der Waals surface area (Å²) >= 11 is 0. The minimum atomic E-state index is -1.07. The minimum Gasteiger partial charge on any atom is -0.497 e. The monoisotopic (exact) mass is 418 g/mol. The van der Waals surface area contributed by atoms with Crippen LogP contribution in [0, 0.1) is 0 Å². The smallest absolute Gasteiger partial charge is 0.335 e. The lowest BCUT2D eigenvalue weighted by molar-refractivity contribution is 0.0696. The minimum absolute atomic E-state index is 0.0844. The highest BCUT2D eigenvalue weighted by atomic mass is 16.5. The SMILES string of the molecule is COc1ccc(CN2C(=O)c3ccccc3N(CCO)c3ccc(C(=O)O)cc32)cc1. The average molecular weight is 418 g/mol. The van der Waals surface area contributed by atoms with E-state index in [0.29, 0.717) is 28.4 Å². The van der Waals surface area contributed by atoms with Crippen molar-refractivity contribution < 1.29 is 24.5 Å². The number of carboxylic acid groups (broad SMARTS) is 1. The van der Waals surface area contributed by atoms with Gasteiger partial charge in [-0.2, -0.15) is 0 Å². The second kappa shape index (κ2) is 8.49. The Bertz CT molecular complexity index is 1130. The number of fused-ring (bicyclic) bond motifs is 2. The Morgan fingerprint density at radius 2 is 1.68 bits per heavy atom. The van der Waals surface area contributed by atoms with Crippen LogP contribution >= 0.6 is 0 Å². The molecule has 0 aliphatic carbocycles. The van der Waals surface area contributed by atoms with Gasteiger partial charge < -0.3 is 24.7 Å². The maximum absolute atomic E-state index is 13.6. The van der Waals surface area contributed by atoms with Crippen molar-refractivity contribution in [2.75, 3.05) is 30.1 Å². The summed E-state index contributed by atoms with van der Waals surface area (Å²) in [5, 5.41) is 19.2. The summed E-state index contributed by atoms with van der Waals surface area (Å²) < 4.78 is 5.21. The van der Waals surface area contributed by atoms with E-state index in [0.717, 1.165) is 5.56 Å². The summed E-state index contributed by atoms with van der Waals surface area (Å²) in [6, 6.07) is 19.3. The zero-order valence-electron chi connectivity index (χ0n) is 17.0. The maximum atomic E-state index is 13.6. The highest BCUT2D eigenvalue weighted by molar-refractivity contribution is 6.14. The maximum Gasteiger partial charge on any atom is 0.335 e.